The molecule has 0 radical (unpaired) electrons. The number of methoxy groups -OCH3 is 1. The maximum Gasteiger partial charge on any atom is 0.213 e. The van der Waals surface area contributed by atoms with Crippen LogP contribution in [0.5, 0.6) is 5.88 Å². The van der Waals surface area contributed by atoms with E-state index in [2.05, 4.69) is 4.98 Å². The maximum absolute atomic E-state index is 10.1. The lowest BCUT2D eigenvalue weighted by Gasteiger charge is -2.15. The molecule has 1 aromatic rings. The van der Waals surface area contributed by atoms with Gasteiger partial charge in [0.15, 0.2) is 0 Å². The Bertz CT molecular complexity index is 334. The van der Waals surface area contributed by atoms with Crippen LogP contribution in [0.25, 0.3) is 0 Å². The molecule has 1 aliphatic rings. The Balaban J connectivity index is 1.98. The van der Waals surface area contributed by atoms with Crippen molar-refractivity contribution < 1.29 is 9.84 Å². The smallest absolute Gasteiger partial charge is 0.213 e. The summed E-state index contributed by atoms with van der Waals surface area (Å²) in [5.74, 6) is 1.24. The third-order valence-electron chi connectivity index (χ3n) is 3.33. The van der Waals surface area contributed by atoms with Gasteiger partial charge in [0.2, 0.25) is 5.88 Å². The standard InChI is InChI=1S/C13H19NO2/c1-16-13-8-4-7-11(14-13)12(15)9-10-5-2-3-6-10/h4,7-8,10,12,15H,2-3,5-6,9H2,1H3. The number of aliphatic hydroxyl groups is 1. The van der Waals surface area contributed by atoms with Crippen LogP contribution in [0.15, 0.2) is 18.2 Å². The monoisotopic (exact) mass is 221 g/mol. The number of hydrogen-bond acceptors (Lipinski definition) is 3. The second kappa shape index (κ2) is 5.30. The molecule has 16 heavy (non-hydrogen) atoms. The summed E-state index contributed by atoms with van der Waals surface area (Å²) in [6.45, 7) is 0. The number of aliphatic hydroxyl groups excluding tert-OH is 1. The number of pyridine rings is 1. The van der Waals surface area contributed by atoms with Gasteiger partial charge in [0.05, 0.1) is 18.9 Å². The number of ether oxygens (including phenoxy) is 1. The number of aromatic nitrogens is 1. The van der Waals surface area contributed by atoms with Crippen LogP contribution in [0, 0.1) is 5.92 Å². The molecule has 3 nitrogen and oxygen atoms in total. The highest BCUT2D eigenvalue weighted by Crippen LogP contribution is 2.32. The van der Waals surface area contributed by atoms with Gasteiger partial charge < -0.3 is 9.84 Å². The number of hydrogen-bond donors (Lipinski definition) is 1. The van der Waals surface area contributed by atoms with E-state index in [1.54, 1.807) is 13.2 Å². The molecule has 0 aromatic carbocycles. The lowest BCUT2D eigenvalue weighted by atomic mass is 9.98. The topological polar surface area (TPSA) is 42.4 Å². The van der Waals surface area contributed by atoms with Gasteiger partial charge in [-0.15, -0.1) is 0 Å². The normalized spacial score (nSPS) is 18.6. The largest absolute Gasteiger partial charge is 0.481 e. The Morgan fingerprint density at radius 3 is 2.88 bits per heavy atom. The van der Waals surface area contributed by atoms with E-state index in [0.717, 1.165) is 12.1 Å². The molecule has 88 valence electrons. The predicted octanol–water partition coefficient (Wildman–Crippen LogP) is 2.70. The van der Waals surface area contributed by atoms with Gasteiger partial charge in [-0.1, -0.05) is 31.7 Å². The van der Waals surface area contributed by atoms with Crippen molar-refractivity contribution in [2.24, 2.45) is 5.92 Å². The van der Waals surface area contributed by atoms with Gasteiger partial charge >= 0.3 is 0 Å². The van der Waals surface area contributed by atoms with E-state index >= 15 is 0 Å². The molecular weight excluding hydrogens is 202 g/mol. The van der Waals surface area contributed by atoms with Crippen molar-refractivity contribution in [1.82, 2.24) is 4.98 Å². The maximum atomic E-state index is 10.1. The summed E-state index contributed by atoms with van der Waals surface area (Å²) in [6.07, 6.45) is 5.51. The van der Waals surface area contributed by atoms with Crippen LogP contribution < -0.4 is 4.74 Å². The van der Waals surface area contributed by atoms with E-state index < -0.39 is 6.10 Å². The average molecular weight is 221 g/mol. The Kier molecular flexibility index (Phi) is 3.78. The first kappa shape index (κ1) is 11.4. The molecule has 1 aromatic heterocycles. The van der Waals surface area contributed by atoms with Crippen molar-refractivity contribution in [3.8, 4) is 5.88 Å². The third-order valence-corrected chi connectivity index (χ3v) is 3.33. The molecule has 0 aliphatic heterocycles. The minimum atomic E-state index is -0.446. The minimum Gasteiger partial charge on any atom is -0.481 e. The number of rotatable bonds is 4. The summed E-state index contributed by atoms with van der Waals surface area (Å²) in [6, 6.07) is 5.53. The van der Waals surface area contributed by atoms with Crippen LogP contribution in [0.1, 0.15) is 43.9 Å². The lowest BCUT2D eigenvalue weighted by molar-refractivity contribution is 0.139. The van der Waals surface area contributed by atoms with Gasteiger partial charge in [-0.25, -0.2) is 4.98 Å². The fraction of sp³-hybridized carbons (Fsp3) is 0.615. The van der Waals surface area contributed by atoms with Crippen molar-refractivity contribution in [1.29, 1.82) is 0 Å². The summed E-state index contributed by atoms with van der Waals surface area (Å²) in [5, 5.41) is 10.1. The second-order valence-corrected chi connectivity index (χ2v) is 4.51. The highest BCUT2D eigenvalue weighted by Gasteiger charge is 2.20. The predicted molar refractivity (Wildman–Crippen MR) is 62.3 cm³/mol. The molecule has 2 rings (SSSR count). The Morgan fingerprint density at radius 1 is 1.44 bits per heavy atom. The van der Waals surface area contributed by atoms with Crippen LogP contribution in [-0.2, 0) is 0 Å². The first-order valence-electron chi connectivity index (χ1n) is 5.98. The van der Waals surface area contributed by atoms with Gasteiger partial charge in [-0.3, -0.25) is 0 Å². The molecule has 0 amide bonds. The summed E-state index contributed by atoms with van der Waals surface area (Å²) in [5.41, 5.74) is 0.728. The van der Waals surface area contributed by atoms with Crippen LogP contribution in [0.3, 0.4) is 0 Å². The molecule has 1 aliphatic carbocycles. The van der Waals surface area contributed by atoms with Gasteiger partial charge in [-0.05, 0) is 18.4 Å². The summed E-state index contributed by atoms with van der Waals surface area (Å²) >= 11 is 0. The Hall–Kier alpha value is -1.09. The molecular formula is C13H19NO2. The van der Waals surface area contributed by atoms with Crippen molar-refractivity contribution in [3.05, 3.63) is 23.9 Å². The van der Waals surface area contributed by atoms with E-state index in [1.165, 1.54) is 25.7 Å². The minimum absolute atomic E-state index is 0.446. The van der Waals surface area contributed by atoms with Crippen LogP contribution in [0.2, 0.25) is 0 Å². The quantitative estimate of drug-likeness (QED) is 0.850. The molecule has 1 saturated carbocycles. The average Bonchev–Trinajstić information content (AvgIpc) is 2.82. The Labute approximate surface area is 96.5 Å². The molecule has 3 heteroatoms. The molecule has 0 spiro atoms. The third kappa shape index (κ3) is 2.73. The summed E-state index contributed by atoms with van der Waals surface area (Å²) < 4.78 is 5.05. The highest BCUT2D eigenvalue weighted by molar-refractivity contribution is 5.17. The molecule has 1 atom stereocenters. The fourth-order valence-corrected chi connectivity index (χ4v) is 2.41. The van der Waals surface area contributed by atoms with Crippen molar-refractivity contribution in [2.45, 2.75) is 38.2 Å². The SMILES string of the molecule is COc1cccc(C(O)CC2CCCC2)n1. The summed E-state index contributed by atoms with van der Waals surface area (Å²) in [7, 11) is 1.59. The van der Waals surface area contributed by atoms with Crippen molar-refractivity contribution in [3.63, 3.8) is 0 Å². The van der Waals surface area contributed by atoms with Gasteiger partial charge in [0.1, 0.15) is 0 Å². The van der Waals surface area contributed by atoms with Gasteiger partial charge in [0, 0.05) is 6.07 Å². The summed E-state index contributed by atoms with van der Waals surface area (Å²) in [4.78, 5) is 4.26. The van der Waals surface area contributed by atoms with Crippen LogP contribution in [0.4, 0.5) is 0 Å². The van der Waals surface area contributed by atoms with Crippen molar-refractivity contribution >= 4 is 0 Å². The molecule has 0 bridgehead atoms. The zero-order chi connectivity index (χ0) is 11.4. The van der Waals surface area contributed by atoms with E-state index in [4.69, 9.17) is 4.74 Å². The van der Waals surface area contributed by atoms with E-state index in [0.29, 0.717) is 11.8 Å². The zero-order valence-corrected chi connectivity index (χ0v) is 9.72. The van der Waals surface area contributed by atoms with E-state index in [-0.39, 0.29) is 0 Å². The fourth-order valence-electron chi connectivity index (χ4n) is 2.41. The van der Waals surface area contributed by atoms with E-state index in [1.807, 2.05) is 12.1 Å². The van der Waals surface area contributed by atoms with Crippen LogP contribution in [-0.4, -0.2) is 17.2 Å². The first-order valence-corrected chi connectivity index (χ1v) is 5.98. The lowest BCUT2D eigenvalue weighted by Crippen LogP contribution is -2.06. The molecule has 1 fully saturated rings. The second-order valence-electron chi connectivity index (χ2n) is 4.51. The molecule has 1 unspecified atom stereocenters. The molecule has 1 N–H and O–H groups in total. The van der Waals surface area contributed by atoms with Crippen molar-refractivity contribution in [2.75, 3.05) is 7.11 Å². The van der Waals surface area contributed by atoms with Gasteiger partial charge in [0.25, 0.3) is 0 Å². The first-order chi connectivity index (χ1) is 7.79. The van der Waals surface area contributed by atoms with Gasteiger partial charge in [-0.2, -0.15) is 0 Å². The number of nitrogens with zero attached hydrogens (tertiary/aromatic N) is 1. The Morgan fingerprint density at radius 2 is 2.19 bits per heavy atom. The zero-order valence-electron chi connectivity index (χ0n) is 9.72. The van der Waals surface area contributed by atoms with E-state index in [9.17, 15) is 5.11 Å². The van der Waals surface area contributed by atoms with Crippen LogP contribution >= 0.6 is 0 Å². The highest BCUT2D eigenvalue weighted by atomic mass is 16.5. The molecule has 0 saturated heterocycles. The molecule has 1 heterocycles.